The molecule has 0 radical (unpaired) electrons. The Kier molecular flexibility index (Phi) is 4.12. The zero-order valence-electron chi connectivity index (χ0n) is 13.8. The molecule has 2 aliphatic heterocycles. The molecule has 1 fully saturated rings. The first-order valence-electron chi connectivity index (χ1n) is 8.30. The summed E-state index contributed by atoms with van der Waals surface area (Å²) in [4.78, 5) is 41.3. The summed E-state index contributed by atoms with van der Waals surface area (Å²) in [7, 11) is 0. The first-order chi connectivity index (χ1) is 12.5. The van der Waals surface area contributed by atoms with E-state index in [1.165, 1.54) is 0 Å². The largest absolute Gasteiger partial charge is 0.334 e. The van der Waals surface area contributed by atoms with E-state index >= 15 is 0 Å². The number of rotatable bonds is 1. The fraction of sp³-hybridized carbons (Fsp3) is 0.211. The Morgan fingerprint density at radius 3 is 2.54 bits per heavy atom. The van der Waals surface area contributed by atoms with Crippen LogP contribution in [0.15, 0.2) is 48.5 Å². The van der Waals surface area contributed by atoms with Crippen molar-refractivity contribution >= 4 is 35.0 Å². The Morgan fingerprint density at radius 2 is 1.77 bits per heavy atom. The summed E-state index contributed by atoms with van der Waals surface area (Å²) in [5.74, 6) is -0.650. The lowest BCUT2D eigenvalue weighted by molar-refractivity contribution is -0.121. The molecular weight excluding hydrogens is 354 g/mol. The molecule has 6 nitrogen and oxygen atoms in total. The molecule has 7 heteroatoms. The quantitative estimate of drug-likeness (QED) is 0.838. The van der Waals surface area contributed by atoms with Crippen LogP contribution in [0.1, 0.15) is 20.7 Å². The normalized spacial score (nSPS) is 19.3. The van der Waals surface area contributed by atoms with Gasteiger partial charge in [-0.2, -0.15) is 0 Å². The molecule has 2 aromatic carbocycles. The summed E-state index contributed by atoms with van der Waals surface area (Å²) in [6.07, 6.45) is 0. The van der Waals surface area contributed by atoms with Gasteiger partial charge in [-0.05, 0) is 36.4 Å². The Morgan fingerprint density at radius 1 is 1.04 bits per heavy atom. The lowest BCUT2D eigenvalue weighted by atomic mass is 10.1. The maximum atomic E-state index is 12.8. The first-order valence-corrected chi connectivity index (χ1v) is 8.68. The summed E-state index contributed by atoms with van der Waals surface area (Å²) < 4.78 is 0. The molecule has 2 heterocycles. The van der Waals surface area contributed by atoms with Gasteiger partial charge in [-0.3, -0.25) is 14.4 Å². The third kappa shape index (κ3) is 2.82. The van der Waals surface area contributed by atoms with Gasteiger partial charge in [0.2, 0.25) is 5.91 Å². The molecule has 2 aliphatic rings. The number of para-hydroxylation sites is 1. The monoisotopic (exact) mass is 369 g/mol. The zero-order chi connectivity index (χ0) is 18.3. The van der Waals surface area contributed by atoms with Crippen LogP contribution in [0.3, 0.4) is 0 Å². The van der Waals surface area contributed by atoms with Crippen LogP contribution in [0.5, 0.6) is 0 Å². The summed E-state index contributed by atoms with van der Waals surface area (Å²) in [5, 5.41) is 3.36. The highest BCUT2D eigenvalue weighted by Gasteiger charge is 2.40. The predicted molar refractivity (Wildman–Crippen MR) is 97.3 cm³/mol. The van der Waals surface area contributed by atoms with Gasteiger partial charge in [0.25, 0.3) is 11.8 Å². The van der Waals surface area contributed by atoms with Crippen molar-refractivity contribution < 1.29 is 14.4 Å². The van der Waals surface area contributed by atoms with Gasteiger partial charge in [0.15, 0.2) is 0 Å². The van der Waals surface area contributed by atoms with Crippen LogP contribution in [0, 0.1) is 0 Å². The third-order valence-electron chi connectivity index (χ3n) is 4.74. The van der Waals surface area contributed by atoms with Gasteiger partial charge < -0.3 is 15.1 Å². The number of anilines is 1. The molecule has 1 saturated heterocycles. The van der Waals surface area contributed by atoms with E-state index in [4.69, 9.17) is 11.6 Å². The second-order valence-corrected chi connectivity index (χ2v) is 6.74. The molecule has 4 rings (SSSR count). The number of nitrogens with one attached hydrogen (secondary N) is 1. The van der Waals surface area contributed by atoms with E-state index < -0.39 is 6.04 Å². The fourth-order valence-electron chi connectivity index (χ4n) is 3.36. The van der Waals surface area contributed by atoms with Crippen LogP contribution in [0.4, 0.5) is 5.69 Å². The van der Waals surface area contributed by atoms with Crippen molar-refractivity contribution in [2.45, 2.75) is 6.04 Å². The average molecular weight is 370 g/mol. The number of nitrogens with zero attached hydrogens (tertiary/aromatic N) is 2. The first kappa shape index (κ1) is 16.6. The van der Waals surface area contributed by atoms with Crippen LogP contribution >= 0.6 is 11.6 Å². The van der Waals surface area contributed by atoms with Crippen LogP contribution in [-0.2, 0) is 4.79 Å². The van der Waals surface area contributed by atoms with Gasteiger partial charge in [-0.15, -0.1) is 0 Å². The highest BCUT2D eigenvalue weighted by molar-refractivity contribution is 6.30. The van der Waals surface area contributed by atoms with Crippen molar-refractivity contribution in [2.75, 3.05) is 25.0 Å². The molecule has 26 heavy (non-hydrogen) atoms. The van der Waals surface area contributed by atoms with Crippen LogP contribution in [-0.4, -0.2) is 53.2 Å². The van der Waals surface area contributed by atoms with Crippen molar-refractivity contribution in [1.82, 2.24) is 9.80 Å². The Bertz CT molecular complexity index is 897. The highest BCUT2D eigenvalue weighted by Crippen LogP contribution is 2.25. The molecule has 0 saturated carbocycles. The SMILES string of the molecule is O=C1Nc2ccccc2C(=O)N2CCN(C(=O)c3ccc(Cl)cc3)C[C@H]12. The fourth-order valence-corrected chi connectivity index (χ4v) is 3.49. The molecule has 0 aliphatic carbocycles. The van der Waals surface area contributed by atoms with Crippen molar-refractivity contribution in [2.24, 2.45) is 0 Å². The molecule has 0 unspecified atom stereocenters. The van der Waals surface area contributed by atoms with Crippen LogP contribution in [0.2, 0.25) is 5.02 Å². The molecule has 3 amide bonds. The van der Waals surface area contributed by atoms with E-state index in [2.05, 4.69) is 5.32 Å². The topological polar surface area (TPSA) is 69.7 Å². The molecule has 132 valence electrons. The minimum absolute atomic E-state index is 0.160. The molecule has 1 N–H and O–H groups in total. The van der Waals surface area contributed by atoms with Crippen LogP contribution < -0.4 is 5.32 Å². The van der Waals surface area contributed by atoms with E-state index in [0.29, 0.717) is 34.9 Å². The number of amides is 3. The summed E-state index contributed by atoms with van der Waals surface area (Å²) >= 11 is 5.87. The van der Waals surface area contributed by atoms with E-state index in [1.54, 1.807) is 58.3 Å². The smallest absolute Gasteiger partial charge is 0.256 e. The number of carbonyl (C=O) groups excluding carboxylic acids is 3. The summed E-state index contributed by atoms with van der Waals surface area (Å²) in [6.45, 7) is 0.844. The molecule has 0 bridgehead atoms. The van der Waals surface area contributed by atoms with Gasteiger partial charge >= 0.3 is 0 Å². The number of hydrogen-bond donors (Lipinski definition) is 1. The lowest BCUT2D eigenvalue weighted by Gasteiger charge is -2.39. The maximum Gasteiger partial charge on any atom is 0.256 e. The molecule has 2 aromatic rings. The molecule has 1 atom stereocenters. The second kappa shape index (κ2) is 6.46. The van der Waals surface area contributed by atoms with Gasteiger partial charge in [-0.25, -0.2) is 0 Å². The Balaban J connectivity index is 1.59. The number of piperazine rings is 1. The number of carbonyl (C=O) groups is 3. The average Bonchev–Trinajstić information content (AvgIpc) is 2.77. The second-order valence-electron chi connectivity index (χ2n) is 6.31. The van der Waals surface area contributed by atoms with E-state index in [9.17, 15) is 14.4 Å². The van der Waals surface area contributed by atoms with E-state index in [-0.39, 0.29) is 24.3 Å². The van der Waals surface area contributed by atoms with E-state index in [1.807, 2.05) is 0 Å². The zero-order valence-corrected chi connectivity index (χ0v) is 14.6. The lowest BCUT2D eigenvalue weighted by Crippen LogP contribution is -2.59. The van der Waals surface area contributed by atoms with Gasteiger partial charge in [0.05, 0.1) is 17.8 Å². The Labute approximate surface area is 155 Å². The number of fused-ring (bicyclic) bond motifs is 2. The number of hydrogen-bond acceptors (Lipinski definition) is 3. The van der Waals surface area contributed by atoms with Crippen molar-refractivity contribution in [3.8, 4) is 0 Å². The van der Waals surface area contributed by atoms with E-state index in [0.717, 1.165) is 0 Å². The highest BCUT2D eigenvalue weighted by atomic mass is 35.5. The Hall–Kier alpha value is -2.86. The van der Waals surface area contributed by atoms with Gasteiger partial charge in [0.1, 0.15) is 6.04 Å². The minimum Gasteiger partial charge on any atom is -0.334 e. The standard InChI is InChI=1S/C19H16ClN3O3/c20-13-7-5-12(6-8-13)18(25)22-9-10-23-16(11-22)17(24)21-15-4-2-1-3-14(15)19(23)26/h1-8,16H,9-11H2,(H,21,24)/t16-/m1/s1. The molecular formula is C19H16ClN3O3. The third-order valence-corrected chi connectivity index (χ3v) is 4.99. The maximum absolute atomic E-state index is 12.8. The van der Waals surface area contributed by atoms with Crippen molar-refractivity contribution in [3.05, 3.63) is 64.7 Å². The van der Waals surface area contributed by atoms with Gasteiger partial charge in [0, 0.05) is 23.7 Å². The predicted octanol–water partition coefficient (Wildman–Crippen LogP) is 2.26. The number of benzene rings is 2. The number of halogens is 1. The molecule has 0 spiro atoms. The summed E-state index contributed by atoms with van der Waals surface area (Å²) in [5.41, 5.74) is 1.49. The van der Waals surface area contributed by atoms with Crippen molar-refractivity contribution in [1.29, 1.82) is 0 Å². The van der Waals surface area contributed by atoms with Gasteiger partial charge in [-0.1, -0.05) is 23.7 Å². The minimum atomic E-state index is -0.708. The van der Waals surface area contributed by atoms with Crippen molar-refractivity contribution in [3.63, 3.8) is 0 Å². The summed E-state index contributed by atoms with van der Waals surface area (Å²) in [6, 6.07) is 12.9. The van der Waals surface area contributed by atoms with Crippen LogP contribution in [0.25, 0.3) is 0 Å². The molecule has 0 aromatic heterocycles.